The number of benzene rings is 4. The molecule has 0 amide bonds. The maximum Gasteiger partial charge on any atom is 0.426 e. The number of halogens is 6. The lowest BCUT2D eigenvalue weighted by molar-refractivity contribution is -0.371. The van der Waals surface area contributed by atoms with Crippen molar-refractivity contribution < 1.29 is 53.9 Å². The van der Waals surface area contributed by atoms with Gasteiger partial charge in [0.15, 0.2) is 0 Å². The van der Waals surface area contributed by atoms with Gasteiger partial charge in [0.25, 0.3) is 5.60 Å². The van der Waals surface area contributed by atoms with Gasteiger partial charge in [-0.15, -0.1) is 0 Å². The number of esters is 1. The van der Waals surface area contributed by atoms with Crippen molar-refractivity contribution in [3.63, 3.8) is 0 Å². The van der Waals surface area contributed by atoms with Crippen LogP contribution in [0, 0.1) is 0 Å². The summed E-state index contributed by atoms with van der Waals surface area (Å²) in [6.07, 6.45) is -14.0. The summed E-state index contributed by atoms with van der Waals surface area (Å²) >= 11 is -2.81. The first-order valence-corrected chi connectivity index (χ1v) is 12.1. The van der Waals surface area contributed by atoms with Crippen LogP contribution in [0.2, 0.25) is 0 Å². The minimum Gasteiger partial charge on any atom is -0.740 e. The smallest absolute Gasteiger partial charge is 0.426 e. The summed E-state index contributed by atoms with van der Waals surface area (Å²) < 4.78 is 109. The number of alkyl halides is 6. The lowest BCUT2D eigenvalue weighted by Crippen LogP contribution is -2.57. The molecule has 0 heterocycles. The molecule has 0 saturated heterocycles. The highest BCUT2D eigenvalue weighted by molar-refractivity contribution is 7.74. The van der Waals surface area contributed by atoms with Crippen LogP contribution in [-0.2, 0) is 16.1 Å². The Morgan fingerprint density at radius 1 is 0.769 bits per heavy atom. The molecule has 206 valence electrons. The van der Waals surface area contributed by atoms with Crippen LogP contribution in [0.25, 0.3) is 32.7 Å². The summed E-state index contributed by atoms with van der Waals surface area (Å²) in [5.74, 6) is -1.10. The predicted molar refractivity (Wildman–Crippen MR) is 128 cm³/mol. The first-order chi connectivity index (χ1) is 18.2. The molecule has 0 aliphatic rings. The molecule has 4 aromatic rings. The molecule has 13 heteroatoms. The molecule has 6 nitrogen and oxygen atoms in total. The fourth-order valence-corrected chi connectivity index (χ4v) is 4.48. The van der Waals surface area contributed by atoms with Crippen molar-refractivity contribution >= 4 is 38.9 Å². The Bertz CT molecular complexity index is 1550. The van der Waals surface area contributed by atoms with Crippen molar-refractivity contribution in [2.24, 2.45) is 0 Å². The van der Waals surface area contributed by atoms with Crippen LogP contribution in [0.1, 0.15) is 16.8 Å². The van der Waals surface area contributed by atoms with E-state index in [1.165, 1.54) is 24.3 Å². The van der Waals surface area contributed by atoms with E-state index in [2.05, 4.69) is 0 Å². The number of ether oxygens (including phenoxy) is 1. The van der Waals surface area contributed by atoms with Gasteiger partial charge in [0.05, 0.1) is 12.2 Å². The Balaban J connectivity index is 1.70. The summed E-state index contributed by atoms with van der Waals surface area (Å²) in [4.78, 5) is 12.7. The fourth-order valence-electron chi connectivity index (χ4n) is 4.19. The van der Waals surface area contributed by atoms with Crippen molar-refractivity contribution in [3.05, 3.63) is 78.4 Å². The van der Waals surface area contributed by atoms with Crippen molar-refractivity contribution in [2.75, 3.05) is 6.61 Å². The zero-order valence-corrected chi connectivity index (χ0v) is 20.3. The van der Waals surface area contributed by atoms with Gasteiger partial charge in [-0.05, 0) is 39.4 Å². The number of carbonyl (C=O) groups excluding carboxylic acids is 1. The molecule has 0 aliphatic heterocycles. The fraction of sp³-hybridized carbons (Fsp3) is 0.192. The summed E-state index contributed by atoms with van der Waals surface area (Å²) in [5, 5.41) is 11.2. The average molecular weight is 571 g/mol. The second-order valence-corrected chi connectivity index (χ2v) is 8.97. The monoisotopic (exact) mass is 571 g/mol. The topological polar surface area (TPSA) is 95.9 Å². The first-order valence-electron chi connectivity index (χ1n) is 11.1. The van der Waals surface area contributed by atoms with Crippen LogP contribution in [0.15, 0.2) is 72.8 Å². The Kier molecular flexibility index (Phi) is 7.61. The normalized spacial score (nSPS) is 13.4. The molecule has 0 fully saturated rings. The molecule has 4 rings (SSSR count). The van der Waals surface area contributed by atoms with Crippen LogP contribution in [0.5, 0.6) is 5.75 Å². The predicted octanol–water partition coefficient (Wildman–Crippen LogP) is 6.24. The summed E-state index contributed by atoms with van der Waals surface area (Å²) in [5.41, 5.74) is -3.94. The highest BCUT2D eigenvalue weighted by atomic mass is 32.2. The minimum absolute atomic E-state index is 0.0878. The van der Waals surface area contributed by atoms with Gasteiger partial charge in [0.2, 0.25) is 0 Å². The number of fused-ring (bicyclic) bond motifs is 2. The molecule has 0 saturated carbocycles. The number of carbonyl (C=O) groups is 1. The Hall–Kier alpha value is -3.68. The molecule has 0 radical (unpaired) electrons. The van der Waals surface area contributed by atoms with Gasteiger partial charge < -0.3 is 18.6 Å². The van der Waals surface area contributed by atoms with Gasteiger partial charge >= 0.3 is 18.3 Å². The number of aliphatic hydroxyl groups is 1. The van der Waals surface area contributed by atoms with E-state index in [-0.39, 0.29) is 11.3 Å². The van der Waals surface area contributed by atoms with E-state index < -0.39 is 48.3 Å². The molecule has 39 heavy (non-hydrogen) atoms. The Morgan fingerprint density at radius 3 is 1.95 bits per heavy atom. The van der Waals surface area contributed by atoms with Crippen molar-refractivity contribution in [2.45, 2.75) is 24.4 Å². The second-order valence-electron chi connectivity index (χ2n) is 8.39. The average Bonchev–Trinajstić information content (AvgIpc) is 2.86. The third kappa shape index (κ3) is 5.42. The third-order valence-electron chi connectivity index (χ3n) is 6.11. The highest BCUT2D eigenvalue weighted by Gasteiger charge is 2.70. The molecule has 0 aromatic heterocycles. The maximum atomic E-state index is 12.9. The van der Waals surface area contributed by atoms with Crippen LogP contribution in [0.3, 0.4) is 0 Å². The summed E-state index contributed by atoms with van der Waals surface area (Å²) in [6, 6.07) is 19.1. The quantitative estimate of drug-likeness (QED) is 0.160. The first kappa shape index (κ1) is 28.3. The third-order valence-corrected chi connectivity index (χ3v) is 6.42. The lowest BCUT2D eigenvalue weighted by Gasteiger charge is -2.32. The molecule has 1 N–H and O–H groups in total. The van der Waals surface area contributed by atoms with Crippen LogP contribution in [0.4, 0.5) is 26.3 Å². The molecular weight excluding hydrogens is 554 g/mol. The zero-order valence-electron chi connectivity index (χ0n) is 19.5. The molecule has 1 atom stereocenters. The van der Waals surface area contributed by atoms with Gasteiger partial charge in [-0.3, -0.25) is 0 Å². The minimum atomic E-state index is -6.03. The van der Waals surface area contributed by atoms with E-state index in [0.29, 0.717) is 32.7 Å². The van der Waals surface area contributed by atoms with Gasteiger partial charge in [-0.25, -0.2) is 9.00 Å². The van der Waals surface area contributed by atoms with E-state index in [0.717, 1.165) is 0 Å². The largest absolute Gasteiger partial charge is 0.740 e. The summed E-state index contributed by atoms with van der Waals surface area (Å²) in [6.45, 7) is -1.35. The molecular formula is C26H17F6O6S-. The van der Waals surface area contributed by atoms with E-state index >= 15 is 0 Å². The van der Waals surface area contributed by atoms with E-state index in [9.17, 15) is 45.0 Å². The molecule has 0 aliphatic carbocycles. The van der Waals surface area contributed by atoms with E-state index in [4.69, 9.17) is 8.92 Å². The van der Waals surface area contributed by atoms with Gasteiger partial charge in [-0.2, -0.15) is 26.3 Å². The summed E-state index contributed by atoms with van der Waals surface area (Å²) in [7, 11) is 0. The van der Waals surface area contributed by atoms with Gasteiger partial charge in [0.1, 0.15) is 17.1 Å². The Labute approximate surface area is 219 Å². The molecule has 1 unspecified atom stereocenters. The maximum absolute atomic E-state index is 12.9. The van der Waals surface area contributed by atoms with Crippen molar-refractivity contribution in [1.29, 1.82) is 0 Å². The molecule has 4 aromatic carbocycles. The van der Waals surface area contributed by atoms with E-state index in [1.54, 1.807) is 48.5 Å². The molecule has 0 bridgehead atoms. The second kappa shape index (κ2) is 10.5. The number of rotatable bonds is 7. The SMILES string of the molecule is O=C(OCCC(O)(C(F)(F)F)C(F)(F)F)c1ccc(-c2cccc3c(OS(=O)[O-])cccc23)c2ccccc12. The van der Waals surface area contributed by atoms with E-state index in [1.807, 2.05) is 0 Å². The Morgan fingerprint density at radius 2 is 1.31 bits per heavy atom. The highest BCUT2D eigenvalue weighted by Crippen LogP contribution is 2.45. The standard InChI is InChI=1S/C26H18F6O6S/c27-25(28,29)24(34,26(30,31)32)13-14-37-23(33)21-12-11-19(15-5-1-2-6-18(15)21)16-7-3-9-20-17(16)8-4-10-22(20)38-39(35)36/h1-12,34H,13-14H2,(H,35,36)/p-1. The van der Waals surface area contributed by atoms with Crippen LogP contribution in [-0.4, -0.2) is 44.4 Å². The van der Waals surface area contributed by atoms with Crippen molar-refractivity contribution in [1.82, 2.24) is 0 Å². The molecule has 0 spiro atoms. The van der Waals surface area contributed by atoms with Gasteiger partial charge in [-0.1, -0.05) is 60.7 Å². The number of hydrogen-bond acceptors (Lipinski definition) is 6. The van der Waals surface area contributed by atoms with Crippen molar-refractivity contribution in [3.8, 4) is 16.9 Å². The van der Waals surface area contributed by atoms with Gasteiger partial charge in [0, 0.05) is 11.8 Å². The lowest BCUT2D eigenvalue weighted by atomic mass is 9.92. The number of hydrogen-bond donors (Lipinski definition) is 1. The van der Waals surface area contributed by atoms with Crippen LogP contribution < -0.4 is 4.18 Å². The zero-order chi connectivity index (χ0) is 28.6. The van der Waals surface area contributed by atoms with Crippen LogP contribution >= 0.6 is 0 Å².